The number of hydrogen-bond donors (Lipinski definition) is 1. The summed E-state index contributed by atoms with van der Waals surface area (Å²) in [6.07, 6.45) is 1.74. The lowest BCUT2D eigenvalue weighted by Crippen LogP contribution is -2.09. The number of hydrogen-bond acceptors (Lipinski definition) is 3. The maximum absolute atomic E-state index is 8.77. The monoisotopic (exact) mass is 222 g/mol. The Kier molecular flexibility index (Phi) is 3.39. The highest BCUT2D eigenvalue weighted by atomic mass is 32.1. The van der Waals surface area contributed by atoms with E-state index in [4.69, 9.17) is 23.2 Å². The number of thiocarbonyl (C=S) groups is 1. The molecule has 0 saturated carbocycles. The van der Waals surface area contributed by atoms with E-state index >= 15 is 0 Å². The van der Waals surface area contributed by atoms with E-state index in [1.807, 2.05) is 26.0 Å². The van der Waals surface area contributed by atoms with E-state index in [9.17, 15) is 0 Å². The molecule has 0 aromatic carbocycles. The first kappa shape index (κ1) is 10.9. The van der Waals surface area contributed by atoms with Gasteiger partial charge in [0.1, 0.15) is 11.1 Å². The minimum absolute atomic E-state index is 0.149. The molecule has 2 nitrogen and oxygen atoms in total. The smallest absolute Gasteiger partial charge is 0.114 e. The second-order valence-corrected chi connectivity index (χ2v) is 4.80. The van der Waals surface area contributed by atoms with E-state index in [0.29, 0.717) is 5.57 Å². The highest BCUT2D eigenvalue weighted by molar-refractivity contribution is 7.80. The largest absolute Gasteiger partial charge is 0.389 e. The van der Waals surface area contributed by atoms with Crippen LogP contribution in [0.5, 0.6) is 0 Å². The van der Waals surface area contributed by atoms with Crippen LogP contribution in [0.3, 0.4) is 0 Å². The predicted octanol–water partition coefficient (Wildman–Crippen LogP) is 2.56. The highest BCUT2D eigenvalue weighted by Gasteiger charge is 2.03. The Hall–Kier alpha value is -1.18. The molecule has 0 aliphatic rings. The van der Waals surface area contributed by atoms with Crippen molar-refractivity contribution < 1.29 is 0 Å². The summed E-state index contributed by atoms with van der Waals surface area (Å²) >= 11 is 6.45. The van der Waals surface area contributed by atoms with Gasteiger partial charge in [-0.1, -0.05) is 12.2 Å². The maximum atomic E-state index is 8.77. The fourth-order valence-electron chi connectivity index (χ4n) is 1.11. The van der Waals surface area contributed by atoms with Crippen LogP contribution in [0.15, 0.2) is 11.6 Å². The van der Waals surface area contributed by atoms with Crippen LogP contribution in [0.4, 0.5) is 0 Å². The number of rotatable bonds is 2. The summed E-state index contributed by atoms with van der Waals surface area (Å²) in [6.45, 7) is 4.04. The molecule has 0 fully saturated rings. The number of nitriles is 1. The van der Waals surface area contributed by atoms with Crippen molar-refractivity contribution in [2.75, 3.05) is 0 Å². The van der Waals surface area contributed by atoms with Crippen LogP contribution in [-0.4, -0.2) is 4.99 Å². The molecular weight excluding hydrogens is 212 g/mol. The zero-order valence-corrected chi connectivity index (χ0v) is 9.63. The van der Waals surface area contributed by atoms with E-state index in [2.05, 4.69) is 0 Å². The molecule has 1 aromatic rings. The zero-order chi connectivity index (χ0) is 10.7. The number of nitrogens with two attached hydrogens (primary N) is 1. The van der Waals surface area contributed by atoms with Crippen LogP contribution in [0, 0.1) is 25.2 Å². The van der Waals surface area contributed by atoms with Crippen molar-refractivity contribution in [2.24, 2.45) is 5.73 Å². The van der Waals surface area contributed by atoms with Gasteiger partial charge < -0.3 is 5.73 Å². The number of aryl methyl sites for hydroxylation is 2. The molecule has 4 heteroatoms. The number of thiophene rings is 1. The molecule has 0 aliphatic heterocycles. The topological polar surface area (TPSA) is 49.8 Å². The Morgan fingerprint density at radius 2 is 2.29 bits per heavy atom. The first-order valence-electron chi connectivity index (χ1n) is 4.03. The molecule has 1 aromatic heterocycles. The van der Waals surface area contributed by atoms with Crippen molar-refractivity contribution in [1.29, 1.82) is 5.26 Å². The third-order valence-corrected chi connectivity index (χ3v) is 2.97. The van der Waals surface area contributed by atoms with Crippen molar-refractivity contribution in [3.05, 3.63) is 27.0 Å². The summed E-state index contributed by atoms with van der Waals surface area (Å²) in [4.78, 5) is 2.54. The summed E-state index contributed by atoms with van der Waals surface area (Å²) in [5.41, 5.74) is 6.78. The molecule has 0 spiro atoms. The fourth-order valence-corrected chi connectivity index (χ4v) is 2.12. The Labute approximate surface area is 92.7 Å². The molecule has 0 aliphatic carbocycles. The molecule has 0 amide bonds. The third-order valence-electron chi connectivity index (χ3n) is 1.77. The zero-order valence-electron chi connectivity index (χ0n) is 8.00. The SMILES string of the molecule is Cc1cc(/C=C(/C#N)C(N)=S)c(C)s1. The summed E-state index contributed by atoms with van der Waals surface area (Å²) in [6, 6.07) is 4.01. The van der Waals surface area contributed by atoms with Crippen LogP contribution in [0.1, 0.15) is 15.3 Å². The summed E-state index contributed by atoms with van der Waals surface area (Å²) < 4.78 is 0. The van der Waals surface area contributed by atoms with Gasteiger partial charge in [-0.05, 0) is 31.6 Å². The highest BCUT2D eigenvalue weighted by Crippen LogP contribution is 2.22. The summed E-state index contributed by atoms with van der Waals surface area (Å²) in [7, 11) is 0. The van der Waals surface area contributed by atoms with Gasteiger partial charge in [0.05, 0.1) is 5.57 Å². The molecule has 0 saturated heterocycles. The first-order chi connectivity index (χ1) is 6.54. The molecule has 1 heterocycles. The average molecular weight is 222 g/mol. The Morgan fingerprint density at radius 1 is 1.64 bits per heavy atom. The standard InChI is InChI=1S/C10H10N2S2/c1-6-3-8(7(2)14-6)4-9(5-11)10(12)13/h3-4H,1-2H3,(H2,12,13)/b9-4-. The molecule has 14 heavy (non-hydrogen) atoms. The van der Waals surface area contributed by atoms with Crippen LogP contribution < -0.4 is 5.73 Å². The minimum atomic E-state index is 0.149. The average Bonchev–Trinajstić information content (AvgIpc) is 2.40. The fraction of sp³-hybridized carbons (Fsp3) is 0.200. The van der Waals surface area contributed by atoms with Gasteiger partial charge in [-0.15, -0.1) is 11.3 Å². The van der Waals surface area contributed by atoms with E-state index in [0.717, 1.165) is 5.56 Å². The molecule has 0 radical (unpaired) electrons. The Balaban J connectivity index is 3.14. The Bertz CT molecular complexity index is 435. The summed E-state index contributed by atoms with van der Waals surface area (Å²) in [5.74, 6) is 0. The third kappa shape index (κ3) is 2.41. The van der Waals surface area contributed by atoms with Gasteiger partial charge in [-0.25, -0.2) is 0 Å². The second-order valence-electron chi connectivity index (χ2n) is 2.90. The molecule has 0 atom stereocenters. The van der Waals surface area contributed by atoms with Gasteiger partial charge in [0.25, 0.3) is 0 Å². The maximum Gasteiger partial charge on any atom is 0.114 e. The van der Waals surface area contributed by atoms with Gasteiger partial charge in [-0.3, -0.25) is 0 Å². The minimum Gasteiger partial charge on any atom is -0.389 e. The van der Waals surface area contributed by atoms with E-state index in [-0.39, 0.29) is 4.99 Å². The molecule has 0 unspecified atom stereocenters. The van der Waals surface area contributed by atoms with Crippen LogP contribution in [0.2, 0.25) is 0 Å². The quantitative estimate of drug-likeness (QED) is 0.475. The van der Waals surface area contributed by atoms with Crippen LogP contribution in [-0.2, 0) is 0 Å². The van der Waals surface area contributed by atoms with E-state index in [1.165, 1.54) is 9.75 Å². The molecule has 0 bridgehead atoms. The van der Waals surface area contributed by atoms with Crippen molar-refractivity contribution in [1.82, 2.24) is 0 Å². The van der Waals surface area contributed by atoms with Crippen molar-refractivity contribution >= 4 is 34.6 Å². The van der Waals surface area contributed by atoms with Crippen molar-refractivity contribution in [2.45, 2.75) is 13.8 Å². The van der Waals surface area contributed by atoms with Gasteiger partial charge in [0, 0.05) is 9.75 Å². The predicted molar refractivity (Wildman–Crippen MR) is 64.2 cm³/mol. The van der Waals surface area contributed by atoms with Gasteiger partial charge in [-0.2, -0.15) is 5.26 Å². The summed E-state index contributed by atoms with van der Waals surface area (Å²) in [5, 5.41) is 8.77. The number of nitrogens with zero attached hydrogens (tertiary/aromatic N) is 1. The molecule has 2 N–H and O–H groups in total. The lowest BCUT2D eigenvalue weighted by Gasteiger charge is -1.94. The van der Waals surface area contributed by atoms with Gasteiger partial charge in [0.15, 0.2) is 0 Å². The van der Waals surface area contributed by atoms with Gasteiger partial charge in [0.2, 0.25) is 0 Å². The second kappa shape index (κ2) is 4.36. The van der Waals surface area contributed by atoms with Crippen molar-refractivity contribution in [3.8, 4) is 6.07 Å². The van der Waals surface area contributed by atoms with Crippen LogP contribution in [0.25, 0.3) is 6.08 Å². The molecular formula is C10H10N2S2. The van der Waals surface area contributed by atoms with E-state index in [1.54, 1.807) is 17.4 Å². The van der Waals surface area contributed by atoms with E-state index < -0.39 is 0 Å². The molecule has 1 rings (SSSR count). The first-order valence-corrected chi connectivity index (χ1v) is 5.25. The normalized spacial score (nSPS) is 11.1. The lowest BCUT2D eigenvalue weighted by atomic mass is 10.1. The Morgan fingerprint density at radius 3 is 2.64 bits per heavy atom. The van der Waals surface area contributed by atoms with Gasteiger partial charge >= 0.3 is 0 Å². The molecule has 72 valence electrons. The van der Waals surface area contributed by atoms with Crippen molar-refractivity contribution in [3.63, 3.8) is 0 Å². The lowest BCUT2D eigenvalue weighted by molar-refractivity contribution is 1.51. The van der Waals surface area contributed by atoms with Crippen LogP contribution >= 0.6 is 23.6 Å².